The first kappa shape index (κ1) is 13.3. The molecule has 7 nitrogen and oxygen atoms in total. The summed E-state index contributed by atoms with van der Waals surface area (Å²) in [7, 11) is 0. The number of imide groups is 1. The monoisotopic (exact) mass is 242 g/mol. The Morgan fingerprint density at radius 3 is 2.53 bits per heavy atom. The number of carbonyl (C=O) groups excluding carboxylic acids is 3. The van der Waals surface area contributed by atoms with E-state index in [-0.39, 0.29) is 32.5 Å². The maximum Gasteiger partial charge on any atom is 0.397 e. The number of hydroxylamine groups is 4. The normalized spacial score (nSPS) is 17.9. The number of hydrogen-bond acceptors (Lipinski definition) is 6. The molecule has 0 unspecified atom stereocenters. The fraction of sp³-hybridized carbons (Fsp3) is 0.500. The molecule has 1 aliphatic rings. The molecule has 0 radical (unpaired) electrons. The van der Waals surface area contributed by atoms with Crippen molar-refractivity contribution >= 4 is 17.8 Å². The predicted octanol–water partition coefficient (Wildman–Crippen LogP) is -0.462. The number of hydrogen-bond donors (Lipinski definition) is 1. The molecule has 1 N–H and O–H groups in total. The van der Waals surface area contributed by atoms with Gasteiger partial charge in [-0.3, -0.25) is 0 Å². The number of rotatable bonds is 5. The van der Waals surface area contributed by atoms with Crippen molar-refractivity contribution < 1.29 is 34.0 Å². The Labute approximate surface area is 97.4 Å². The quantitative estimate of drug-likeness (QED) is 0.230. The summed E-state index contributed by atoms with van der Waals surface area (Å²) in [6, 6.07) is 0. The maximum absolute atomic E-state index is 11.2. The molecule has 0 spiro atoms. The summed E-state index contributed by atoms with van der Waals surface area (Å²) in [5.41, 5.74) is 0. The summed E-state index contributed by atoms with van der Waals surface area (Å²) in [4.78, 5) is 36.1. The van der Waals surface area contributed by atoms with Gasteiger partial charge < -0.3 is 4.74 Å². The SMILES string of the molecule is C#CCOCCC(=O)O[N+]1(O)C(=O)CCC1=O. The molecule has 1 rings (SSSR count). The first-order valence-corrected chi connectivity index (χ1v) is 4.93. The highest BCUT2D eigenvalue weighted by molar-refractivity contribution is 5.91. The van der Waals surface area contributed by atoms with Crippen LogP contribution in [0.3, 0.4) is 0 Å². The van der Waals surface area contributed by atoms with Crippen LogP contribution in [0.1, 0.15) is 19.3 Å². The molecular formula is C10H12NO6+. The summed E-state index contributed by atoms with van der Waals surface area (Å²) >= 11 is 0. The van der Waals surface area contributed by atoms with E-state index in [4.69, 9.17) is 11.2 Å². The molecule has 0 saturated carbocycles. The average Bonchev–Trinajstić information content (AvgIpc) is 2.53. The first-order chi connectivity index (χ1) is 8.00. The molecule has 1 saturated heterocycles. The van der Waals surface area contributed by atoms with E-state index in [1.165, 1.54) is 0 Å². The van der Waals surface area contributed by atoms with Crippen LogP contribution in [0.4, 0.5) is 0 Å². The number of carbonyl (C=O) groups is 3. The van der Waals surface area contributed by atoms with Crippen molar-refractivity contribution in [3.8, 4) is 12.3 Å². The molecule has 0 aromatic carbocycles. The van der Waals surface area contributed by atoms with Crippen LogP contribution < -0.4 is 0 Å². The van der Waals surface area contributed by atoms with E-state index in [0.29, 0.717) is 0 Å². The van der Waals surface area contributed by atoms with Gasteiger partial charge in [0, 0.05) is 0 Å². The van der Waals surface area contributed by atoms with Crippen LogP contribution in [-0.2, 0) is 24.0 Å². The minimum atomic E-state index is -1.89. The van der Waals surface area contributed by atoms with Crippen LogP contribution in [0, 0.1) is 12.3 Å². The van der Waals surface area contributed by atoms with E-state index < -0.39 is 22.6 Å². The summed E-state index contributed by atoms with van der Waals surface area (Å²) in [5, 5.41) is 9.52. The fourth-order valence-corrected chi connectivity index (χ4v) is 1.24. The van der Waals surface area contributed by atoms with E-state index in [0.717, 1.165) is 0 Å². The highest BCUT2D eigenvalue weighted by Crippen LogP contribution is 2.20. The highest BCUT2D eigenvalue weighted by atomic mass is 17.0. The molecule has 0 atom stereocenters. The lowest BCUT2D eigenvalue weighted by molar-refractivity contribution is -1.12. The topological polar surface area (TPSA) is 89.9 Å². The largest absolute Gasteiger partial charge is 0.397 e. The minimum Gasteiger partial charge on any atom is -0.368 e. The predicted molar refractivity (Wildman–Crippen MR) is 51.7 cm³/mol. The van der Waals surface area contributed by atoms with Crippen molar-refractivity contribution in [2.45, 2.75) is 19.3 Å². The fourth-order valence-electron chi connectivity index (χ4n) is 1.24. The molecule has 1 fully saturated rings. The van der Waals surface area contributed by atoms with Crippen LogP contribution in [0.25, 0.3) is 0 Å². The van der Waals surface area contributed by atoms with Crippen molar-refractivity contribution in [3.05, 3.63) is 0 Å². The molecular weight excluding hydrogens is 230 g/mol. The van der Waals surface area contributed by atoms with E-state index in [1.807, 2.05) is 0 Å². The number of terminal acetylenes is 1. The van der Waals surface area contributed by atoms with E-state index in [1.54, 1.807) is 0 Å². The van der Waals surface area contributed by atoms with Crippen molar-refractivity contribution in [2.75, 3.05) is 13.2 Å². The third kappa shape index (κ3) is 3.10. The molecule has 0 aliphatic carbocycles. The Morgan fingerprint density at radius 2 is 2.00 bits per heavy atom. The number of nitrogens with zero attached hydrogens (tertiary/aromatic N) is 1. The summed E-state index contributed by atoms with van der Waals surface area (Å²) in [5.74, 6) is -0.416. The van der Waals surface area contributed by atoms with Crippen LogP contribution in [0.15, 0.2) is 0 Å². The van der Waals surface area contributed by atoms with Crippen molar-refractivity contribution in [1.82, 2.24) is 0 Å². The molecule has 0 aromatic rings. The van der Waals surface area contributed by atoms with Gasteiger partial charge in [0.25, 0.3) is 0 Å². The van der Waals surface area contributed by atoms with Gasteiger partial charge in [-0.15, -0.1) is 6.42 Å². The van der Waals surface area contributed by atoms with Gasteiger partial charge in [-0.1, -0.05) is 5.92 Å². The van der Waals surface area contributed by atoms with Gasteiger partial charge in [0.1, 0.15) is 11.4 Å². The lowest BCUT2D eigenvalue weighted by Gasteiger charge is -2.15. The van der Waals surface area contributed by atoms with Crippen LogP contribution >= 0.6 is 0 Å². The molecule has 0 bridgehead atoms. The Bertz CT molecular complexity index is 367. The van der Waals surface area contributed by atoms with E-state index in [2.05, 4.69) is 10.8 Å². The van der Waals surface area contributed by atoms with Gasteiger partial charge in [-0.2, -0.15) is 5.21 Å². The van der Waals surface area contributed by atoms with Gasteiger partial charge in [-0.25, -0.2) is 19.2 Å². The molecule has 1 aliphatic heterocycles. The Hall–Kier alpha value is -1.75. The van der Waals surface area contributed by atoms with Gasteiger partial charge in [-0.05, 0) is 0 Å². The second-order valence-corrected chi connectivity index (χ2v) is 3.33. The number of quaternary nitrogens is 1. The Balaban J connectivity index is 2.43. The zero-order chi connectivity index (χ0) is 12.9. The first-order valence-electron chi connectivity index (χ1n) is 4.93. The van der Waals surface area contributed by atoms with Crippen LogP contribution in [0.5, 0.6) is 0 Å². The summed E-state index contributed by atoms with van der Waals surface area (Å²) < 4.78 is 4.81. The second-order valence-electron chi connectivity index (χ2n) is 3.33. The van der Waals surface area contributed by atoms with Crippen LogP contribution in [0.2, 0.25) is 0 Å². The standard InChI is InChI=1S/C10H12NO6/c1-2-6-16-7-5-10(14)17-11(15)8(12)3-4-9(11)13/h1,15H,3-7H2/q+1. The smallest absolute Gasteiger partial charge is 0.368 e. The molecule has 7 heteroatoms. The molecule has 1 heterocycles. The van der Waals surface area contributed by atoms with Gasteiger partial charge in [0.2, 0.25) is 0 Å². The molecule has 17 heavy (non-hydrogen) atoms. The number of ether oxygens (including phenoxy) is 1. The lowest BCUT2D eigenvalue weighted by atomic mass is 10.4. The van der Waals surface area contributed by atoms with Crippen molar-refractivity contribution in [1.29, 1.82) is 0 Å². The van der Waals surface area contributed by atoms with E-state index in [9.17, 15) is 19.6 Å². The zero-order valence-electron chi connectivity index (χ0n) is 9.05. The lowest BCUT2D eigenvalue weighted by Crippen LogP contribution is -2.50. The molecule has 2 amide bonds. The Kier molecular flexibility index (Phi) is 4.34. The van der Waals surface area contributed by atoms with Crippen molar-refractivity contribution in [3.63, 3.8) is 0 Å². The Morgan fingerprint density at radius 1 is 1.41 bits per heavy atom. The van der Waals surface area contributed by atoms with Gasteiger partial charge in [0.15, 0.2) is 0 Å². The highest BCUT2D eigenvalue weighted by Gasteiger charge is 2.55. The second kappa shape index (κ2) is 5.54. The molecule has 92 valence electrons. The third-order valence-electron chi connectivity index (χ3n) is 2.10. The number of amides is 2. The minimum absolute atomic E-state index is 0.00852. The average molecular weight is 242 g/mol. The summed E-state index contributed by atoms with van der Waals surface area (Å²) in [6.07, 6.45) is 4.42. The van der Waals surface area contributed by atoms with Gasteiger partial charge >= 0.3 is 17.8 Å². The van der Waals surface area contributed by atoms with Gasteiger partial charge in [0.05, 0.1) is 25.9 Å². The van der Waals surface area contributed by atoms with Crippen LogP contribution in [-0.4, -0.2) is 41.0 Å². The molecule has 0 aromatic heterocycles. The summed E-state index contributed by atoms with van der Waals surface area (Å²) in [6.45, 7) is 0.0374. The maximum atomic E-state index is 11.2. The zero-order valence-corrected chi connectivity index (χ0v) is 9.05. The van der Waals surface area contributed by atoms with Crippen molar-refractivity contribution in [2.24, 2.45) is 0 Å². The third-order valence-corrected chi connectivity index (χ3v) is 2.10. The van der Waals surface area contributed by atoms with E-state index >= 15 is 0 Å².